The molecule has 3 fully saturated rings. The summed E-state index contributed by atoms with van der Waals surface area (Å²) in [5, 5.41) is 16.1. The SMILES string of the molecule is Cn1c(-c2ccc(OC(F)F)c(F)c2F)cnc1C(=O)Nc1ccc(C(=O)N2CCC(C(=O)NC3[C@H]4CNC[C@@H]34)CC2)c(Cl)c1.O=CO. The van der Waals surface area contributed by atoms with Crippen LogP contribution in [-0.4, -0.2) is 82.6 Å². The number of nitrogens with one attached hydrogen (secondary N) is 3. The van der Waals surface area contributed by atoms with E-state index in [0.717, 1.165) is 31.4 Å². The fourth-order valence-corrected chi connectivity index (χ4v) is 6.43. The maximum absolute atomic E-state index is 14.7. The average molecular weight is 695 g/mol. The van der Waals surface area contributed by atoms with Crippen LogP contribution in [0.1, 0.15) is 33.8 Å². The standard InChI is InChI=1S/C30H29ClF4N6O4.CH2O2/c1-40-21(17-4-5-22(45-30(34)35)24(33)23(17)32)13-37-26(40)28(43)38-15-2-3-16(20(31)10-15)29(44)41-8-6-14(7-9-41)27(42)39-25-18-11-36-12-19(18)25;2-1-3/h2-5,10,13-14,18-19,25,30,36H,6-9,11-12H2,1H3,(H,38,43)(H,39,42);1H,(H,2,3)/t18-,19+,25?;. The predicted octanol–water partition coefficient (Wildman–Crippen LogP) is 3.76. The van der Waals surface area contributed by atoms with Crippen LogP contribution >= 0.6 is 11.6 Å². The predicted molar refractivity (Wildman–Crippen MR) is 164 cm³/mol. The van der Waals surface area contributed by atoms with Crippen molar-refractivity contribution in [3.05, 3.63) is 64.6 Å². The third-order valence-electron chi connectivity index (χ3n) is 8.74. The van der Waals surface area contributed by atoms with Gasteiger partial charge >= 0.3 is 6.61 Å². The van der Waals surface area contributed by atoms with E-state index in [4.69, 9.17) is 21.5 Å². The topological polar surface area (TPSA) is 155 Å². The van der Waals surface area contributed by atoms with Crippen molar-refractivity contribution < 1.29 is 46.6 Å². The van der Waals surface area contributed by atoms with Gasteiger partial charge in [-0.05, 0) is 55.0 Å². The van der Waals surface area contributed by atoms with E-state index in [1.54, 1.807) is 4.90 Å². The van der Waals surface area contributed by atoms with E-state index in [0.29, 0.717) is 37.8 Å². The molecule has 12 nitrogen and oxygen atoms in total. The zero-order valence-electron chi connectivity index (χ0n) is 25.4. The summed E-state index contributed by atoms with van der Waals surface area (Å²) in [4.78, 5) is 52.9. The van der Waals surface area contributed by atoms with Gasteiger partial charge in [-0.25, -0.2) is 9.37 Å². The molecule has 2 aromatic carbocycles. The van der Waals surface area contributed by atoms with Gasteiger partial charge in [0.2, 0.25) is 11.7 Å². The molecule has 48 heavy (non-hydrogen) atoms. The number of hydrogen-bond donors (Lipinski definition) is 4. The number of imidazole rings is 1. The Morgan fingerprint density at radius 3 is 2.40 bits per heavy atom. The Morgan fingerprint density at radius 2 is 1.77 bits per heavy atom. The lowest BCUT2D eigenvalue weighted by Crippen LogP contribution is -2.44. The van der Waals surface area contributed by atoms with Crippen molar-refractivity contribution in [3.8, 4) is 17.0 Å². The highest BCUT2D eigenvalue weighted by atomic mass is 35.5. The lowest BCUT2D eigenvalue weighted by molar-refractivity contribution is -0.126. The van der Waals surface area contributed by atoms with Gasteiger partial charge in [0.25, 0.3) is 18.3 Å². The molecule has 1 saturated carbocycles. The third-order valence-corrected chi connectivity index (χ3v) is 9.05. The average Bonchev–Trinajstić information content (AvgIpc) is 3.33. The second kappa shape index (κ2) is 14.6. The molecule has 3 amide bonds. The number of amides is 3. The molecule has 0 spiro atoms. The van der Waals surface area contributed by atoms with Crippen molar-refractivity contribution in [2.75, 3.05) is 31.5 Å². The van der Waals surface area contributed by atoms with E-state index in [2.05, 4.69) is 25.7 Å². The van der Waals surface area contributed by atoms with Crippen LogP contribution in [0.3, 0.4) is 0 Å². The van der Waals surface area contributed by atoms with Crippen LogP contribution in [0, 0.1) is 29.4 Å². The maximum Gasteiger partial charge on any atom is 0.387 e. The van der Waals surface area contributed by atoms with Gasteiger partial charge in [-0.3, -0.25) is 19.2 Å². The Bertz CT molecular complexity index is 1710. The Hall–Kier alpha value is -4.70. The van der Waals surface area contributed by atoms with Crippen molar-refractivity contribution in [1.29, 1.82) is 0 Å². The molecule has 4 N–H and O–H groups in total. The second-order valence-corrected chi connectivity index (χ2v) is 11.9. The molecule has 2 saturated heterocycles. The highest BCUT2D eigenvalue weighted by Crippen LogP contribution is 2.42. The summed E-state index contributed by atoms with van der Waals surface area (Å²) in [5.74, 6) is -4.18. The first-order chi connectivity index (χ1) is 22.9. The number of carbonyl (C=O) groups is 4. The Kier molecular flexibility index (Phi) is 10.5. The fourth-order valence-electron chi connectivity index (χ4n) is 6.17. The molecule has 17 heteroatoms. The molecule has 1 aromatic heterocycles. The molecule has 0 radical (unpaired) electrons. The summed E-state index contributed by atoms with van der Waals surface area (Å²) in [6, 6.07) is 6.56. The van der Waals surface area contributed by atoms with E-state index in [1.165, 1.54) is 29.8 Å². The fraction of sp³-hybridized carbons (Fsp3) is 0.387. The van der Waals surface area contributed by atoms with Gasteiger partial charge in [-0.15, -0.1) is 0 Å². The Morgan fingerprint density at radius 1 is 1.10 bits per heavy atom. The second-order valence-electron chi connectivity index (χ2n) is 11.5. The van der Waals surface area contributed by atoms with Crippen LogP contribution < -0.4 is 20.7 Å². The molecule has 1 aliphatic carbocycles. The number of benzene rings is 2. The van der Waals surface area contributed by atoms with E-state index < -0.39 is 29.9 Å². The van der Waals surface area contributed by atoms with E-state index in [1.807, 2.05) is 0 Å². The van der Waals surface area contributed by atoms with E-state index >= 15 is 0 Å². The Labute approximate surface area is 276 Å². The van der Waals surface area contributed by atoms with Gasteiger partial charge in [0.15, 0.2) is 17.4 Å². The zero-order chi connectivity index (χ0) is 34.7. The number of carbonyl (C=O) groups excluding carboxylic acids is 3. The lowest BCUT2D eigenvalue weighted by Gasteiger charge is -2.31. The number of anilines is 1. The summed E-state index contributed by atoms with van der Waals surface area (Å²) in [5.41, 5.74) is 0.188. The van der Waals surface area contributed by atoms with Gasteiger partial charge in [0.05, 0.1) is 22.5 Å². The maximum atomic E-state index is 14.7. The third kappa shape index (κ3) is 7.23. The normalized spacial score (nSPS) is 20.0. The molecule has 3 atom stereocenters. The molecule has 256 valence electrons. The highest BCUT2D eigenvalue weighted by molar-refractivity contribution is 6.34. The zero-order valence-corrected chi connectivity index (χ0v) is 26.1. The number of halogens is 5. The molecular formula is C31H31ClF4N6O6. The van der Waals surface area contributed by atoms with Crippen LogP contribution in [-0.2, 0) is 16.6 Å². The van der Waals surface area contributed by atoms with E-state index in [9.17, 15) is 31.9 Å². The van der Waals surface area contributed by atoms with Gasteiger partial charge in [-0.2, -0.15) is 13.2 Å². The smallest absolute Gasteiger partial charge is 0.387 e. The van der Waals surface area contributed by atoms with Gasteiger partial charge in [0, 0.05) is 56.4 Å². The number of nitrogens with zero attached hydrogens (tertiary/aromatic N) is 3. The molecule has 3 heterocycles. The molecule has 6 rings (SSSR count). The minimum absolute atomic E-state index is 0.00720. The summed E-state index contributed by atoms with van der Waals surface area (Å²) < 4.78 is 59.0. The number of likely N-dealkylation sites (tertiary alicyclic amines) is 1. The number of piperidine rings is 2. The molecular weight excluding hydrogens is 664 g/mol. The van der Waals surface area contributed by atoms with Gasteiger partial charge in [0.1, 0.15) is 0 Å². The first kappa shape index (κ1) is 34.6. The number of hydrogen-bond acceptors (Lipinski definition) is 7. The number of alkyl halides is 2. The van der Waals surface area contributed by atoms with E-state index in [-0.39, 0.29) is 63.6 Å². The molecule has 0 bridgehead atoms. The van der Waals surface area contributed by atoms with Crippen molar-refractivity contribution in [2.45, 2.75) is 25.5 Å². The van der Waals surface area contributed by atoms with Crippen LogP contribution in [0.25, 0.3) is 11.3 Å². The van der Waals surface area contributed by atoms with Crippen LogP contribution in [0.5, 0.6) is 5.75 Å². The number of ether oxygens (including phenoxy) is 1. The van der Waals surface area contributed by atoms with Crippen LogP contribution in [0.2, 0.25) is 5.02 Å². The number of aromatic nitrogens is 2. The quantitative estimate of drug-likeness (QED) is 0.205. The molecule has 1 unspecified atom stereocenters. The lowest BCUT2D eigenvalue weighted by atomic mass is 9.95. The summed E-state index contributed by atoms with van der Waals surface area (Å²) in [6.07, 6.45) is 2.25. The molecule has 2 aliphatic heterocycles. The summed E-state index contributed by atoms with van der Waals surface area (Å²) >= 11 is 6.43. The number of carboxylic acid groups (broad SMARTS) is 1. The largest absolute Gasteiger partial charge is 0.483 e. The molecule has 3 aromatic rings. The summed E-state index contributed by atoms with van der Waals surface area (Å²) in [7, 11) is 1.40. The molecule has 3 aliphatic rings. The van der Waals surface area contributed by atoms with Crippen LogP contribution in [0.15, 0.2) is 36.5 Å². The van der Waals surface area contributed by atoms with Crippen LogP contribution in [0.4, 0.5) is 23.2 Å². The monoisotopic (exact) mass is 694 g/mol. The van der Waals surface area contributed by atoms with Crippen molar-refractivity contribution in [2.24, 2.45) is 24.8 Å². The van der Waals surface area contributed by atoms with Gasteiger partial charge in [-0.1, -0.05) is 11.6 Å². The van der Waals surface area contributed by atoms with Gasteiger partial charge < -0.3 is 35.3 Å². The van der Waals surface area contributed by atoms with Crippen molar-refractivity contribution in [1.82, 2.24) is 25.1 Å². The first-order valence-corrected chi connectivity index (χ1v) is 15.3. The van der Waals surface area contributed by atoms with Crippen molar-refractivity contribution in [3.63, 3.8) is 0 Å². The minimum Gasteiger partial charge on any atom is -0.483 e. The highest BCUT2D eigenvalue weighted by Gasteiger charge is 2.54. The minimum atomic E-state index is -3.33. The van der Waals surface area contributed by atoms with Crippen molar-refractivity contribution >= 4 is 41.5 Å². The summed E-state index contributed by atoms with van der Waals surface area (Å²) in [6.45, 7) is -0.865. The first-order valence-electron chi connectivity index (χ1n) is 14.9. The number of rotatable bonds is 8. The number of fused-ring (bicyclic) bond motifs is 1. The Balaban J connectivity index is 0.00000145.